The average molecular weight is 300 g/mol. The predicted octanol–water partition coefficient (Wildman–Crippen LogP) is 2.86. The lowest BCUT2D eigenvalue weighted by Gasteiger charge is -2.35. The number of benzene rings is 1. The van der Waals surface area contributed by atoms with E-state index >= 15 is 0 Å². The summed E-state index contributed by atoms with van der Waals surface area (Å²) in [6.45, 7) is 1.01. The van der Waals surface area contributed by atoms with Crippen molar-refractivity contribution in [1.82, 2.24) is 9.88 Å². The van der Waals surface area contributed by atoms with Crippen LogP contribution >= 0.6 is 0 Å². The van der Waals surface area contributed by atoms with Crippen LogP contribution in [0.25, 0.3) is 10.9 Å². The number of nitrogens with one attached hydrogen (secondary N) is 1. The van der Waals surface area contributed by atoms with Crippen molar-refractivity contribution in [2.45, 2.75) is 44.6 Å². The summed E-state index contributed by atoms with van der Waals surface area (Å²) in [5.74, 6) is 0.225. The van der Waals surface area contributed by atoms with Crippen LogP contribution in [0.4, 0.5) is 0 Å². The minimum Gasteiger partial charge on any atom is -0.396 e. The van der Waals surface area contributed by atoms with Gasteiger partial charge in [-0.05, 0) is 43.7 Å². The van der Waals surface area contributed by atoms with E-state index in [4.69, 9.17) is 0 Å². The van der Waals surface area contributed by atoms with E-state index < -0.39 is 0 Å². The highest BCUT2D eigenvalue weighted by Gasteiger charge is 2.25. The van der Waals surface area contributed by atoms with Gasteiger partial charge in [-0.3, -0.25) is 4.79 Å². The summed E-state index contributed by atoms with van der Waals surface area (Å²) in [5, 5.41) is 10.4. The molecule has 0 bridgehead atoms. The molecule has 1 fully saturated rings. The van der Waals surface area contributed by atoms with E-state index in [1.807, 2.05) is 23.2 Å². The third-order valence-corrected chi connectivity index (χ3v) is 4.69. The largest absolute Gasteiger partial charge is 0.396 e. The van der Waals surface area contributed by atoms with Crippen molar-refractivity contribution in [3.8, 4) is 0 Å². The molecule has 118 valence electrons. The molecule has 1 aromatic heterocycles. The van der Waals surface area contributed by atoms with Crippen LogP contribution in [0.1, 0.15) is 37.7 Å². The molecule has 0 radical (unpaired) electrons. The number of carbonyl (C=O) groups is 1. The molecule has 0 aliphatic carbocycles. The smallest absolute Gasteiger partial charge is 0.223 e. The van der Waals surface area contributed by atoms with Crippen LogP contribution in [0.5, 0.6) is 0 Å². The van der Waals surface area contributed by atoms with E-state index in [1.54, 1.807) is 0 Å². The summed E-state index contributed by atoms with van der Waals surface area (Å²) >= 11 is 0. The summed E-state index contributed by atoms with van der Waals surface area (Å²) in [6, 6.07) is 8.43. The van der Waals surface area contributed by atoms with Gasteiger partial charge in [0.2, 0.25) is 5.91 Å². The summed E-state index contributed by atoms with van der Waals surface area (Å²) in [5.41, 5.74) is 2.33. The second kappa shape index (κ2) is 6.97. The van der Waals surface area contributed by atoms with Gasteiger partial charge < -0.3 is 15.0 Å². The SMILES string of the molecule is O=C(CCc1c[nH]c2ccccc12)N1CCCCC1CCO. The minimum atomic E-state index is 0.164. The number of para-hydroxylation sites is 1. The van der Waals surface area contributed by atoms with Crippen molar-refractivity contribution in [1.29, 1.82) is 0 Å². The molecule has 1 aliphatic heterocycles. The Morgan fingerprint density at radius 1 is 1.32 bits per heavy atom. The van der Waals surface area contributed by atoms with Gasteiger partial charge in [0.15, 0.2) is 0 Å². The second-order valence-electron chi connectivity index (χ2n) is 6.11. The molecule has 0 saturated carbocycles. The van der Waals surface area contributed by atoms with Gasteiger partial charge in [-0.15, -0.1) is 0 Å². The number of piperidine rings is 1. The van der Waals surface area contributed by atoms with Crippen molar-refractivity contribution in [3.63, 3.8) is 0 Å². The van der Waals surface area contributed by atoms with Crippen molar-refractivity contribution in [3.05, 3.63) is 36.0 Å². The number of aryl methyl sites for hydroxylation is 1. The zero-order valence-corrected chi connectivity index (χ0v) is 12.9. The maximum Gasteiger partial charge on any atom is 0.223 e. The van der Waals surface area contributed by atoms with Crippen LogP contribution in [0, 0.1) is 0 Å². The van der Waals surface area contributed by atoms with Crippen LogP contribution in [0.15, 0.2) is 30.5 Å². The minimum absolute atomic E-state index is 0.164. The van der Waals surface area contributed by atoms with E-state index in [1.165, 1.54) is 10.9 Å². The maximum absolute atomic E-state index is 12.5. The fourth-order valence-electron chi connectivity index (χ4n) is 3.50. The van der Waals surface area contributed by atoms with E-state index in [-0.39, 0.29) is 18.6 Å². The molecule has 2 N–H and O–H groups in total. The number of amides is 1. The quantitative estimate of drug-likeness (QED) is 0.892. The maximum atomic E-state index is 12.5. The van der Waals surface area contributed by atoms with Gasteiger partial charge in [0.05, 0.1) is 0 Å². The van der Waals surface area contributed by atoms with E-state index in [0.29, 0.717) is 12.8 Å². The van der Waals surface area contributed by atoms with Crippen LogP contribution in [0.3, 0.4) is 0 Å². The predicted molar refractivity (Wildman–Crippen MR) is 87.7 cm³/mol. The number of likely N-dealkylation sites (tertiary alicyclic amines) is 1. The Bertz CT molecular complexity index is 633. The number of aliphatic hydroxyl groups excluding tert-OH is 1. The molecule has 2 aromatic rings. The van der Waals surface area contributed by atoms with Gasteiger partial charge in [-0.25, -0.2) is 0 Å². The molecule has 2 heterocycles. The van der Waals surface area contributed by atoms with Crippen molar-refractivity contribution < 1.29 is 9.90 Å². The zero-order chi connectivity index (χ0) is 15.4. The molecule has 1 atom stereocenters. The van der Waals surface area contributed by atoms with Crippen LogP contribution < -0.4 is 0 Å². The molecule has 1 saturated heterocycles. The first kappa shape index (κ1) is 15.1. The topological polar surface area (TPSA) is 56.3 Å². The number of H-pyrrole nitrogens is 1. The molecule has 1 aliphatic rings. The first-order valence-electron chi connectivity index (χ1n) is 8.25. The fourth-order valence-corrected chi connectivity index (χ4v) is 3.50. The molecule has 1 amide bonds. The van der Waals surface area contributed by atoms with Crippen molar-refractivity contribution in [2.24, 2.45) is 0 Å². The van der Waals surface area contributed by atoms with Crippen molar-refractivity contribution in [2.75, 3.05) is 13.2 Å². The van der Waals surface area contributed by atoms with Gasteiger partial charge in [-0.2, -0.15) is 0 Å². The average Bonchev–Trinajstić information content (AvgIpc) is 2.97. The lowest BCUT2D eigenvalue weighted by atomic mass is 9.98. The second-order valence-corrected chi connectivity index (χ2v) is 6.11. The molecular formula is C18H24N2O2. The normalized spacial score (nSPS) is 18.8. The molecule has 22 heavy (non-hydrogen) atoms. The molecule has 4 nitrogen and oxygen atoms in total. The summed E-state index contributed by atoms with van der Waals surface area (Å²) in [6.07, 6.45) is 7.31. The molecule has 1 aromatic carbocycles. The number of carbonyl (C=O) groups excluding carboxylic acids is 1. The molecule has 0 spiro atoms. The highest BCUT2D eigenvalue weighted by Crippen LogP contribution is 2.23. The summed E-state index contributed by atoms with van der Waals surface area (Å²) < 4.78 is 0. The highest BCUT2D eigenvalue weighted by atomic mass is 16.3. The Balaban J connectivity index is 1.64. The van der Waals surface area contributed by atoms with Crippen LogP contribution in [-0.4, -0.2) is 40.1 Å². The Labute approximate surface area is 131 Å². The number of aliphatic hydroxyl groups is 1. The molecular weight excluding hydrogens is 276 g/mol. The summed E-state index contributed by atoms with van der Waals surface area (Å²) in [4.78, 5) is 17.8. The van der Waals surface area contributed by atoms with Gasteiger partial charge in [0, 0.05) is 42.7 Å². The zero-order valence-electron chi connectivity index (χ0n) is 12.9. The molecule has 1 unspecified atom stereocenters. The van der Waals surface area contributed by atoms with Gasteiger partial charge in [0.25, 0.3) is 0 Å². The first-order valence-corrected chi connectivity index (χ1v) is 8.25. The highest BCUT2D eigenvalue weighted by molar-refractivity contribution is 5.84. The van der Waals surface area contributed by atoms with Crippen LogP contribution in [0.2, 0.25) is 0 Å². The van der Waals surface area contributed by atoms with Gasteiger partial charge in [-0.1, -0.05) is 18.2 Å². The van der Waals surface area contributed by atoms with Gasteiger partial charge >= 0.3 is 0 Å². The van der Waals surface area contributed by atoms with Crippen molar-refractivity contribution >= 4 is 16.8 Å². The Morgan fingerprint density at radius 3 is 3.05 bits per heavy atom. The van der Waals surface area contributed by atoms with E-state index in [0.717, 1.165) is 37.7 Å². The number of hydrogen-bond donors (Lipinski definition) is 2. The van der Waals surface area contributed by atoms with E-state index in [9.17, 15) is 9.90 Å². The Kier molecular flexibility index (Phi) is 4.78. The lowest BCUT2D eigenvalue weighted by molar-refractivity contribution is -0.135. The number of rotatable bonds is 5. The molecule has 4 heteroatoms. The standard InChI is InChI=1S/C18H24N2O2/c21-12-10-15-5-3-4-11-20(15)18(22)9-8-14-13-19-17-7-2-1-6-16(14)17/h1-2,6-7,13,15,19,21H,3-5,8-12H2. The van der Waals surface area contributed by atoms with E-state index in [2.05, 4.69) is 17.1 Å². The number of aromatic amines is 1. The Morgan fingerprint density at radius 2 is 2.18 bits per heavy atom. The number of fused-ring (bicyclic) bond motifs is 1. The molecule has 3 rings (SSSR count). The first-order chi connectivity index (χ1) is 10.8. The summed E-state index contributed by atoms with van der Waals surface area (Å²) in [7, 11) is 0. The lowest BCUT2D eigenvalue weighted by Crippen LogP contribution is -2.44. The Hall–Kier alpha value is -1.81. The number of hydrogen-bond acceptors (Lipinski definition) is 2. The fraction of sp³-hybridized carbons (Fsp3) is 0.500. The van der Waals surface area contributed by atoms with Crippen LogP contribution in [-0.2, 0) is 11.2 Å². The number of nitrogens with zero attached hydrogens (tertiary/aromatic N) is 1. The van der Waals surface area contributed by atoms with Gasteiger partial charge in [0.1, 0.15) is 0 Å². The monoisotopic (exact) mass is 300 g/mol. The number of aromatic nitrogens is 1. The third kappa shape index (κ3) is 3.17. The third-order valence-electron chi connectivity index (χ3n) is 4.69.